The van der Waals surface area contributed by atoms with Gasteiger partial charge in [0.15, 0.2) is 4.32 Å². The molecule has 1 amide bonds. The summed E-state index contributed by atoms with van der Waals surface area (Å²) in [5.74, 6) is 0.702. The van der Waals surface area contributed by atoms with Crippen LogP contribution >= 0.6 is 46.6 Å². The van der Waals surface area contributed by atoms with Crippen molar-refractivity contribution in [1.29, 1.82) is 0 Å². The number of halogens is 1. The number of carbonyl (C=O) groups excluding carboxylic acids is 1. The first-order valence-corrected chi connectivity index (χ1v) is 9.07. The van der Waals surface area contributed by atoms with Gasteiger partial charge in [0.2, 0.25) is 0 Å². The molecule has 0 N–H and O–H groups in total. The van der Waals surface area contributed by atoms with E-state index in [4.69, 9.17) is 17.0 Å². The number of anilines is 1. The van der Waals surface area contributed by atoms with Crippen molar-refractivity contribution in [2.24, 2.45) is 0 Å². The summed E-state index contributed by atoms with van der Waals surface area (Å²) < 4.78 is 6.69. The number of nitrogens with zero attached hydrogens (tertiary/aromatic N) is 1. The van der Waals surface area contributed by atoms with E-state index in [1.165, 1.54) is 11.8 Å². The summed E-state index contributed by atoms with van der Waals surface area (Å²) in [6, 6.07) is 15.3. The minimum Gasteiger partial charge on any atom is -0.497 e. The maximum absolute atomic E-state index is 12.7. The Morgan fingerprint density at radius 1 is 1.17 bits per heavy atom. The second kappa shape index (κ2) is 7.02. The van der Waals surface area contributed by atoms with Crippen LogP contribution < -0.4 is 9.64 Å². The van der Waals surface area contributed by atoms with Crippen LogP contribution in [0.2, 0.25) is 0 Å². The van der Waals surface area contributed by atoms with Crippen LogP contribution in [0.5, 0.6) is 5.75 Å². The topological polar surface area (TPSA) is 29.5 Å². The molecule has 1 fully saturated rings. The number of thiocarbonyl (C=S) groups is 1. The molecule has 3 nitrogen and oxygen atoms in total. The van der Waals surface area contributed by atoms with E-state index in [0.717, 1.165) is 20.6 Å². The monoisotopic (exact) mass is 453 g/mol. The lowest BCUT2D eigenvalue weighted by atomic mass is 10.2. The standard InChI is InChI=1S/C17H12INO2S2/c1-21-12-8-6-11(7-9-12)10-15-16(20)19(17(22)23-15)14-5-3-2-4-13(14)18/h2-10H,1H3. The number of hydrogen-bond donors (Lipinski definition) is 0. The van der Waals surface area contributed by atoms with E-state index in [1.807, 2.05) is 54.6 Å². The summed E-state index contributed by atoms with van der Waals surface area (Å²) in [5, 5.41) is 0. The number of ether oxygens (including phenoxy) is 1. The number of methoxy groups -OCH3 is 1. The van der Waals surface area contributed by atoms with Crippen molar-refractivity contribution in [3.8, 4) is 5.75 Å². The summed E-state index contributed by atoms with van der Waals surface area (Å²) >= 11 is 8.93. The van der Waals surface area contributed by atoms with Crippen molar-refractivity contribution in [1.82, 2.24) is 0 Å². The molecule has 2 aromatic rings. The molecule has 0 bridgehead atoms. The van der Waals surface area contributed by atoms with Crippen molar-refractivity contribution < 1.29 is 9.53 Å². The van der Waals surface area contributed by atoms with Crippen molar-refractivity contribution in [3.63, 3.8) is 0 Å². The van der Waals surface area contributed by atoms with Gasteiger partial charge >= 0.3 is 0 Å². The highest BCUT2D eigenvalue weighted by atomic mass is 127. The van der Waals surface area contributed by atoms with Crippen LogP contribution in [-0.4, -0.2) is 17.3 Å². The van der Waals surface area contributed by atoms with Crippen LogP contribution in [0.1, 0.15) is 5.56 Å². The second-order valence-corrected chi connectivity index (χ2v) is 7.58. The second-order valence-electron chi connectivity index (χ2n) is 4.74. The lowest BCUT2D eigenvalue weighted by Gasteiger charge is -2.15. The summed E-state index contributed by atoms with van der Waals surface area (Å²) in [7, 11) is 1.63. The van der Waals surface area contributed by atoms with Gasteiger partial charge in [-0.25, -0.2) is 0 Å². The van der Waals surface area contributed by atoms with E-state index in [2.05, 4.69) is 22.6 Å². The molecular formula is C17H12INO2S2. The quantitative estimate of drug-likeness (QED) is 0.383. The van der Waals surface area contributed by atoms with Crippen molar-refractivity contribution in [2.45, 2.75) is 0 Å². The maximum Gasteiger partial charge on any atom is 0.270 e. The number of rotatable bonds is 3. The summed E-state index contributed by atoms with van der Waals surface area (Å²) in [4.78, 5) is 14.9. The Hall–Kier alpha value is -1.38. The van der Waals surface area contributed by atoms with Gasteiger partial charge in [0.25, 0.3) is 5.91 Å². The number of carbonyl (C=O) groups is 1. The molecule has 0 spiro atoms. The Bertz CT molecular complexity index is 802. The first-order chi connectivity index (χ1) is 11.1. The third kappa shape index (κ3) is 3.44. The minimum atomic E-state index is -0.0834. The Balaban J connectivity index is 1.91. The molecule has 1 heterocycles. The molecule has 23 heavy (non-hydrogen) atoms. The van der Waals surface area contributed by atoms with E-state index in [0.29, 0.717) is 9.23 Å². The Kier molecular flexibility index (Phi) is 5.03. The van der Waals surface area contributed by atoms with Crippen LogP contribution in [0.4, 0.5) is 5.69 Å². The van der Waals surface area contributed by atoms with E-state index in [-0.39, 0.29) is 5.91 Å². The number of thioether (sulfide) groups is 1. The molecule has 1 aliphatic heterocycles. The number of hydrogen-bond acceptors (Lipinski definition) is 4. The predicted molar refractivity (Wildman–Crippen MR) is 108 cm³/mol. The summed E-state index contributed by atoms with van der Waals surface area (Å²) in [5.41, 5.74) is 1.77. The zero-order chi connectivity index (χ0) is 16.4. The molecule has 6 heteroatoms. The smallest absolute Gasteiger partial charge is 0.270 e. The third-order valence-corrected chi connectivity index (χ3v) is 5.51. The van der Waals surface area contributed by atoms with Gasteiger partial charge in [0.05, 0.1) is 17.7 Å². The van der Waals surface area contributed by atoms with Gasteiger partial charge in [0.1, 0.15) is 5.75 Å². The number of amides is 1. The first-order valence-electron chi connectivity index (χ1n) is 6.76. The molecule has 0 aliphatic carbocycles. The lowest BCUT2D eigenvalue weighted by Crippen LogP contribution is -2.28. The van der Waals surface area contributed by atoms with E-state index < -0.39 is 0 Å². The van der Waals surface area contributed by atoms with E-state index in [1.54, 1.807) is 12.0 Å². The van der Waals surface area contributed by atoms with E-state index in [9.17, 15) is 4.79 Å². The molecule has 0 saturated carbocycles. The van der Waals surface area contributed by atoms with Gasteiger partial charge in [-0.2, -0.15) is 0 Å². The molecule has 3 rings (SSSR count). The molecule has 2 aromatic carbocycles. The molecule has 1 aliphatic rings. The fourth-order valence-corrected chi connectivity index (χ4v) is 4.07. The van der Waals surface area contributed by atoms with Gasteiger partial charge in [-0.05, 0) is 58.5 Å². The van der Waals surface area contributed by atoms with Crippen LogP contribution in [0.25, 0.3) is 6.08 Å². The van der Waals surface area contributed by atoms with Crippen LogP contribution in [-0.2, 0) is 4.79 Å². The average Bonchev–Trinajstić information content (AvgIpc) is 2.83. The highest BCUT2D eigenvalue weighted by Gasteiger charge is 2.34. The van der Waals surface area contributed by atoms with Crippen molar-refractivity contribution in [2.75, 3.05) is 12.0 Å². The van der Waals surface area contributed by atoms with Gasteiger partial charge in [-0.1, -0.05) is 48.2 Å². The van der Waals surface area contributed by atoms with Crippen LogP contribution in [0, 0.1) is 3.57 Å². The Morgan fingerprint density at radius 3 is 2.52 bits per heavy atom. The van der Waals surface area contributed by atoms with Gasteiger partial charge in [-0.3, -0.25) is 9.69 Å². The van der Waals surface area contributed by atoms with Gasteiger partial charge < -0.3 is 4.74 Å². The van der Waals surface area contributed by atoms with Crippen LogP contribution in [0.15, 0.2) is 53.4 Å². The minimum absolute atomic E-state index is 0.0834. The SMILES string of the molecule is COc1ccc(C=C2SC(=S)N(c3ccccc3I)C2=O)cc1. The van der Waals surface area contributed by atoms with Crippen LogP contribution in [0.3, 0.4) is 0 Å². The fourth-order valence-electron chi connectivity index (χ4n) is 2.16. The molecular weight excluding hydrogens is 441 g/mol. The van der Waals surface area contributed by atoms with Gasteiger partial charge in [0, 0.05) is 3.57 Å². The van der Waals surface area contributed by atoms with Gasteiger partial charge in [-0.15, -0.1) is 0 Å². The summed E-state index contributed by atoms with van der Waals surface area (Å²) in [6.45, 7) is 0. The summed E-state index contributed by atoms with van der Waals surface area (Å²) in [6.07, 6.45) is 1.86. The molecule has 0 atom stereocenters. The zero-order valence-electron chi connectivity index (χ0n) is 12.2. The first kappa shape index (κ1) is 16.5. The Morgan fingerprint density at radius 2 is 1.87 bits per heavy atom. The number of para-hydroxylation sites is 1. The molecule has 0 aromatic heterocycles. The fraction of sp³-hybridized carbons (Fsp3) is 0.0588. The number of benzene rings is 2. The molecule has 0 radical (unpaired) electrons. The largest absolute Gasteiger partial charge is 0.497 e. The van der Waals surface area contributed by atoms with Crippen molar-refractivity contribution >= 4 is 68.6 Å². The predicted octanol–water partition coefficient (Wildman–Crippen LogP) is 4.71. The molecule has 116 valence electrons. The normalized spacial score (nSPS) is 16.3. The average molecular weight is 453 g/mol. The lowest BCUT2D eigenvalue weighted by molar-refractivity contribution is -0.113. The highest BCUT2D eigenvalue weighted by Crippen LogP contribution is 2.37. The molecule has 0 unspecified atom stereocenters. The molecule has 1 saturated heterocycles. The third-order valence-electron chi connectivity index (χ3n) is 3.30. The maximum atomic E-state index is 12.7. The highest BCUT2D eigenvalue weighted by molar-refractivity contribution is 14.1. The zero-order valence-corrected chi connectivity index (χ0v) is 15.9. The van der Waals surface area contributed by atoms with E-state index >= 15 is 0 Å². The van der Waals surface area contributed by atoms with Crippen molar-refractivity contribution in [3.05, 3.63) is 62.6 Å². The Labute approximate surface area is 157 Å².